The van der Waals surface area contributed by atoms with Crippen LogP contribution in [0.1, 0.15) is 76.2 Å². The number of unbranched alkanes of at least 4 members (excludes halogenated alkanes) is 4. The van der Waals surface area contributed by atoms with Crippen molar-refractivity contribution in [2.45, 2.75) is 70.6 Å². The summed E-state index contributed by atoms with van der Waals surface area (Å²) in [4.78, 5) is 0. The molecule has 1 aliphatic carbocycles. The third-order valence-corrected chi connectivity index (χ3v) is 6.00. The Balaban J connectivity index is 1.49. The van der Waals surface area contributed by atoms with E-state index in [0.717, 1.165) is 44.5 Å². The van der Waals surface area contributed by atoms with Gasteiger partial charge in [0, 0.05) is 5.92 Å². The monoisotopic (exact) mass is 375 g/mol. The van der Waals surface area contributed by atoms with Gasteiger partial charge < -0.3 is 4.74 Å². The summed E-state index contributed by atoms with van der Waals surface area (Å²) in [5.41, 5.74) is 3.90. The van der Waals surface area contributed by atoms with Crippen molar-refractivity contribution in [3.63, 3.8) is 0 Å². The van der Waals surface area contributed by atoms with Crippen molar-refractivity contribution in [2.75, 3.05) is 6.61 Å². The molecule has 0 unspecified atom stereocenters. The first kappa shape index (κ1) is 20.5. The second-order valence-electron chi connectivity index (χ2n) is 8.09. The van der Waals surface area contributed by atoms with E-state index in [2.05, 4.69) is 61.5 Å². The van der Waals surface area contributed by atoms with Crippen LogP contribution in [-0.4, -0.2) is 6.61 Å². The van der Waals surface area contributed by atoms with E-state index < -0.39 is 0 Å². The molecule has 3 rings (SSSR count). The van der Waals surface area contributed by atoms with E-state index in [9.17, 15) is 0 Å². The molecule has 0 bridgehead atoms. The Hall–Kier alpha value is -2.27. The molecule has 0 amide bonds. The molecule has 0 heterocycles. The molecule has 0 atom stereocenters. The van der Waals surface area contributed by atoms with Crippen molar-refractivity contribution in [3.8, 4) is 22.9 Å². The van der Waals surface area contributed by atoms with Crippen LogP contribution in [0.2, 0.25) is 0 Å². The standard InChI is InChI=1S/C26H33NO/c1-2-3-4-5-6-19-28-26-17-15-25(16-18-26)24-13-11-23(12-14-24)22-9-7-21(20-27)8-10-22/h11-18,21-22H,2-10,19H2,1H3. The van der Waals surface area contributed by atoms with Crippen molar-refractivity contribution in [2.24, 2.45) is 5.92 Å². The van der Waals surface area contributed by atoms with Crippen LogP contribution in [0.4, 0.5) is 0 Å². The number of nitriles is 1. The largest absolute Gasteiger partial charge is 0.494 e. The molecule has 2 heteroatoms. The quantitative estimate of drug-likeness (QED) is 0.425. The Morgan fingerprint density at radius 3 is 2.04 bits per heavy atom. The molecule has 0 N–H and O–H groups in total. The zero-order chi connectivity index (χ0) is 19.6. The van der Waals surface area contributed by atoms with E-state index in [1.807, 2.05) is 0 Å². The first-order chi connectivity index (χ1) is 13.8. The molecule has 2 aromatic rings. The predicted octanol–water partition coefficient (Wildman–Crippen LogP) is 7.50. The summed E-state index contributed by atoms with van der Waals surface area (Å²) in [5, 5.41) is 9.06. The maximum absolute atomic E-state index is 9.06. The number of benzene rings is 2. The van der Waals surface area contributed by atoms with Gasteiger partial charge in [-0.25, -0.2) is 0 Å². The molecule has 0 aromatic heterocycles. The summed E-state index contributed by atoms with van der Waals surface area (Å²) in [6, 6.07) is 19.9. The molecule has 2 aromatic carbocycles. The first-order valence-electron chi connectivity index (χ1n) is 11.0. The molecule has 0 radical (unpaired) electrons. The molecule has 1 fully saturated rings. The van der Waals surface area contributed by atoms with Crippen molar-refractivity contribution >= 4 is 0 Å². The Labute approximate surface area is 170 Å². The maximum atomic E-state index is 9.06. The number of hydrogen-bond acceptors (Lipinski definition) is 2. The number of ether oxygens (including phenoxy) is 1. The van der Waals surface area contributed by atoms with Crippen LogP contribution in [0.3, 0.4) is 0 Å². The van der Waals surface area contributed by atoms with E-state index in [0.29, 0.717) is 5.92 Å². The van der Waals surface area contributed by atoms with E-state index in [4.69, 9.17) is 10.00 Å². The van der Waals surface area contributed by atoms with Gasteiger partial charge in [-0.05, 0) is 66.8 Å². The Morgan fingerprint density at radius 1 is 0.821 bits per heavy atom. The SMILES string of the molecule is CCCCCCCOc1ccc(-c2ccc(C3CCC(C#N)CC3)cc2)cc1. The molecular weight excluding hydrogens is 342 g/mol. The van der Waals surface area contributed by atoms with E-state index >= 15 is 0 Å². The first-order valence-corrected chi connectivity index (χ1v) is 11.0. The molecule has 0 saturated heterocycles. The highest BCUT2D eigenvalue weighted by Gasteiger charge is 2.21. The highest BCUT2D eigenvalue weighted by Crippen LogP contribution is 2.36. The minimum Gasteiger partial charge on any atom is -0.494 e. The molecule has 148 valence electrons. The van der Waals surface area contributed by atoms with Crippen LogP contribution >= 0.6 is 0 Å². The van der Waals surface area contributed by atoms with Crippen LogP contribution in [-0.2, 0) is 0 Å². The highest BCUT2D eigenvalue weighted by molar-refractivity contribution is 5.64. The Kier molecular flexibility index (Phi) is 7.97. The van der Waals surface area contributed by atoms with Gasteiger partial charge in [0.25, 0.3) is 0 Å². The fraction of sp³-hybridized carbons (Fsp3) is 0.500. The zero-order valence-corrected chi connectivity index (χ0v) is 17.2. The fourth-order valence-corrected chi connectivity index (χ4v) is 4.14. The zero-order valence-electron chi connectivity index (χ0n) is 17.2. The third-order valence-electron chi connectivity index (χ3n) is 6.00. The second-order valence-corrected chi connectivity index (χ2v) is 8.09. The lowest BCUT2D eigenvalue weighted by atomic mass is 9.79. The minimum atomic E-state index is 0.271. The minimum absolute atomic E-state index is 0.271. The average molecular weight is 376 g/mol. The molecule has 0 spiro atoms. The van der Waals surface area contributed by atoms with Crippen LogP contribution in [0.5, 0.6) is 5.75 Å². The van der Waals surface area contributed by atoms with Crippen LogP contribution < -0.4 is 4.74 Å². The van der Waals surface area contributed by atoms with E-state index in [1.165, 1.54) is 42.4 Å². The fourth-order valence-electron chi connectivity index (χ4n) is 4.14. The van der Waals surface area contributed by atoms with Gasteiger partial charge in [-0.2, -0.15) is 5.26 Å². The maximum Gasteiger partial charge on any atom is 0.119 e. The summed E-state index contributed by atoms with van der Waals surface area (Å²) in [5.74, 6) is 1.85. The Morgan fingerprint density at radius 2 is 1.43 bits per heavy atom. The van der Waals surface area contributed by atoms with Gasteiger partial charge in [0.1, 0.15) is 5.75 Å². The Bertz CT molecular complexity index is 733. The van der Waals surface area contributed by atoms with Crippen molar-refractivity contribution in [1.82, 2.24) is 0 Å². The lowest BCUT2D eigenvalue weighted by Gasteiger charge is -2.25. The van der Waals surface area contributed by atoms with Gasteiger partial charge in [0.15, 0.2) is 0 Å². The second kappa shape index (κ2) is 10.9. The third kappa shape index (κ3) is 5.86. The number of nitrogens with zero attached hydrogens (tertiary/aromatic N) is 1. The van der Waals surface area contributed by atoms with Crippen LogP contribution in [0.25, 0.3) is 11.1 Å². The van der Waals surface area contributed by atoms with E-state index in [1.54, 1.807) is 0 Å². The van der Waals surface area contributed by atoms with Gasteiger partial charge in [-0.15, -0.1) is 0 Å². The topological polar surface area (TPSA) is 33.0 Å². The van der Waals surface area contributed by atoms with Gasteiger partial charge in [-0.1, -0.05) is 69.0 Å². The molecule has 1 aliphatic rings. The molecule has 1 saturated carbocycles. The molecule has 28 heavy (non-hydrogen) atoms. The van der Waals surface area contributed by atoms with Crippen LogP contribution in [0, 0.1) is 17.2 Å². The van der Waals surface area contributed by atoms with Gasteiger partial charge in [0.2, 0.25) is 0 Å². The van der Waals surface area contributed by atoms with Crippen LogP contribution in [0.15, 0.2) is 48.5 Å². The lowest BCUT2D eigenvalue weighted by molar-refractivity contribution is 0.304. The number of hydrogen-bond donors (Lipinski definition) is 0. The van der Waals surface area contributed by atoms with Gasteiger partial charge >= 0.3 is 0 Å². The molecular formula is C26H33NO. The molecule has 2 nitrogen and oxygen atoms in total. The average Bonchev–Trinajstić information content (AvgIpc) is 2.77. The summed E-state index contributed by atoms with van der Waals surface area (Å²) < 4.78 is 5.87. The van der Waals surface area contributed by atoms with Crippen molar-refractivity contribution < 1.29 is 4.74 Å². The van der Waals surface area contributed by atoms with Gasteiger partial charge in [0.05, 0.1) is 12.7 Å². The van der Waals surface area contributed by atoms with E-state index in [-0.39, 0.29) is 5.92 Å². The molecule has 0 aliphatic heterocycles. The summed E-state index contributed by atoms with van der Waals surface area (Å²) in [7, 11) is 0. The van der Waals surface area contributed by atoms with Crippen molar-refractivity contribution in [3.05, 3.63) is 54.1 Å². The summed E-state index contributed by atoms with van der Waals surface area (Å²) in [6.45, 7) is 3.05. The van der Waals surface area contributed by atoms with Gasteiger partial charge in [-0.3, -0.25) is 0 Å². The summed E-state index contributed by atoms with van der Waals surface area (Å²) in [6.07, 6.45) is 10.7. The smallest absolute Gasteiger partial charge is 0.119 e. The lowest BCUT2D eigenvalue weighted by Crippen LogP contribution is -2.11. The normalized spacial score (nSPS) is 19.1. The van der Waals surface area contributed by atoms with Crippen molar-refractivity contribution in [1.29, 1.82) is 5.26 Å². The summed E-state index contributed by atoms with van der Waals surface area (Å²) >= 11 is 0. The predicted molar refractivity (Wildman–Crippen MR) is 116 cm³/mol. The number of rotatable bonds is 9. The highest BCUT2D eigenvalue weighted by atomic mass is 16.5.